The Morgan fingerprint density at radius 2 is 1.88 bits per heavy atom. The van der Waals surface area contributed by atoms with Crippen molar-refractivity contribution in [1.82, 2.24) is 19.2 Å². The van der Waals surface area contributed by atoms with Crippen LogP contribution in [-0.2, 0) is 16.2 Å². The fraction of sp³-hybridized carbons (Fsp3) is 0.400. The lowest BCUT2D eigenvalue weighted by Gasteiger charge is -2.31. The maximum absolute atomic E-state index is 12.3. The Kier molecular flexibility index (Phi) is 7.25. The van der Waals surface area contributed by atoms with E-state index in [1.165, 1.54) is 5.56 Å². The highest BCUT2D eigenvalue weighted by Gasteiger charge is 2.27. The van der Waals surface area contributed by atoms with Gasteiger partial charge in [0.05, 0.1) is 26.3 Å². The second-order valence-electron chi connectivity index (χ2n) is 8.31. The van der Waals surface area contributed by atoms with Gasteiger partial charge in [0, 0.05) is 17.8 Å². The van der Waals surface area contributed by atoms with Crippen LogP contribution in [0.25, 0.3) is 17.1 Å². The molecule has 1 saturated heterocycles. The van der Waals surface area contributed by atoms with Gasteiger partial charge in [0.2, 0.25) is 4.77 Å². The molecule has 1 fully saturated rings. The van der Waals surface area contributed by atoms with E-state index in [-0.39, 0.29) is 11.9 Å². The molecule has 0 unspecified atom stereocenters. The Labute approximate surface area is 199 Å². The fourth-order valence-corrected chi connectivity index (χ4v) is 4.47. The summed E-state index contributed by atoms with van der Waals surface area (Å²) in [6.07, 6.45) is 1.80. The molecule has 0 amide bonds. The number of benzene rings is 2. The lowest BCUT2D eigenvalue weighted by molar-refractivity contribution is -0.150. The Morgan fingerprint density at radius 1 is 1.15 bits per heavy atom. The van der Waals surface area contributed by atoms with E-state index < -0.39 is 0 Å². The van der Waals surface area contributed by atoms with E-state index in [1.54, 1.807) is 7.11 Å². The van der Waals surface area contributed by atoms with Crippen LogP contribution in [0.2, 0.25) is 0 Å². The quantitative estimate of drug-likeness (QED) is 0.374. The predicted molar refractivity (Wildman–Crippen MR) is 130 cm³/mol. The van der Waals surface area contributed by atoms with Gasteiger partial charge in [-0.15, -0.1) is 5.10 Å². The number of carbonyl (C=O) groups excluding carboxylic acids is 1. The third-order valence-corrected chi connectivity index (χ3v) is 6.33. The van der Waals surface area contributed by atoms with Gasteiger partial charge in [0.1, 0.15) is 5.75 Å². The monoisotopic (exact) mass is 466 g/mol. The highest BCUT2D eigenvalue weighted by atomic mass is 32.1. The normalized spacial score (nSPS) is 16.5. The molecule has 2 aromatic carbocycles. The number of hydrogen-bond acceptors (Lipinski definition) is 6. The third kappa shape index (κ3) is 5.17. The van der Waals surface area contributed by atoms with E-state index in [4.69, 9.17) is 26.8 Å². The van der Waals surface area contributed by atoms with Crippen molar-refractivity contribution in [3.8, 4) is 22.8 Å². The second-order valence-corrected chi connectivity index (χ2v) is 8.68. The van der Waals surface area contributed by atoms with Gasteiger partial charge in [-0.2, -0.15) is 0 Å². The van der Waals surface area contributed by atoms with Gasteiger partial charge in [-0.1, -0.05) is 17.7 Å². The summed E-state index contributed by atoms with van der Waals surface area (Å²) in [7, 11) is 1.65. The summed E-state index contributed by atoms with van der Waals surface area (Å²) in [6, 6.07) is 16.1. The van der Waals surface area contributed by atoms with Gasteiger partial charge < -0.3 is 9.47 Å². The molecule has 1 aliphatic heterocycles. The van der Waals surface area contributed by atoms with Crippen molar-refractivity contribution < 1.29 is 14.3 Å². The van der Waals surface area contributed by atoms with Crippen molar-refractivity contribution in [2.45, 2.75) is 33.4 Å². The summed E-state index contributed by atoms with van der Waals surface area (Å²) >= 11 is 5.89. The lowest BCUT2D eigenvalue weighted by atomic mass is 9.99. The minimum absolute atomic E-state index is 0.104. The molecule has 0 N–H and O–H groups in total. The van der Waals surface area contributed by atoms with Crippen LogP contribution in [0, 0.1) is 17.6 Å². The van der Waals surface area contributed by atoms with Crippen LogP contribution in [0.15, 0.2) is 48.5 Å². The molecule has 7 nitrogen and oxygen atoms in total. The van der Waals surface area contributed by atoms with Gasteiger partial charge in [-0.25, -0.2) is 4.68 Å². The largest absolute Gasteiger partial charge is 0.497 e. The van der Waals surface area contributed by atoms with Crippen molar-refractivity contribution in [3.05, 3.63) is 58.9 Å². The first-order chi connectivity index (χ1) is 16.0. The highest BCUT2D eigenvalue weighted by molar-refractivity contribution is 7.71. The van der Waals surface area contributed by atoms with Crippen molar-refractivity contribution in [2.75, 3.05) is 26.8 Å². The smallest absolute Gasteiger partial charge is 0.310 e. The number of nitrogens with zero attached hydrogens (tertiary/aromatic N) is 4. The van der Waals surface area contributed by atoms with E-state index in [9.17, 15) is 4.79 Å². The highest BCUT2D eigenvalue weighted by Crippen LogP contribution is 2.26. The summed E-state index contributed by atoms with van der Waals surface area (Å²) in [6.45, 7) is 6.38. The van der Waals surface area contributed by atoms with E-state index in [0.29, 0.717) is 24.6 Å². The first-order valence-electron chi connectivity index (χ1n) is 11.3. The molecule has 1 aliphatic rings. The molecule has 0 spiro atoms. The van der Waals surface area contributed by atoms with Gasteiger partial charge in [-0.3, -0.25) is 14.3 Å². The molecule has 0 bridgehead atoms. The standard InChI is InChI=1S/C25H30N4O3S/c1-4-32-24(30)20-6-5-15-27(16-20)17-28-25(33)29(21-11-7-18(2)8-12-21)23(26-28)19-9-13-22(31-3)14-10-19/h7-14,20H,4-6,15-17H2,1-3H3/t20-/m1/s1. The molecule has 0 radical (unpaired) electrons. The summed E-state index contributed by atoms with van der Waals surface area (Å²) < 4.78 is 15.0. The number of carbonyl (C=O) groups is 1. The average molecular weight is 467 g/mol. The second kappa shape index (κ2) is 10.3. The van der Waals surface area contributed by atoms with Gasteiger partial charge >= 0.3 is 5.97 Å². The molecular formula is C25H30N4O3S. The molecular weight excluding hydrogens is 436 g/mol. The topological polar surface area (TPSA) is 61.5 Å². The Balaban J connectivity index is 1.68. The Morgan fingerprint density at radius 3 is 2.55 bits per heavy atom. The van der Waals surface area contributed by atoms with Gasteiger partial charge in [0.25, 0.3) is 0 Å². The number of esters is 1. The van der Waals surface area contributed by atoms with Crippen LogP contribution < -0.4 is 4.74 Å². The number of hydrogen-bond donors (Lipinski definition) is 0. The fourth-order valence-electron chi connectivity index (χ4n) is 4.18. The molecule has 4 rings (SSSR count). The number of aromatic nitrogens is 3. The molecule has 0 saturated carbocycles. The molecule has 1 atom stereocenters. The maximum atomic E-state index is 12.3. The SMILES string of the molecule is CCOC(=O)[C@@H]1CCCN(Cn2nc(-c3ccc(OC)cc3)n(-c3ccc(C)cc3)c2=S)C1. The Bertz CT molecular complexity index is 1150. The minimum atomic E-state index is -0.116. The molecule has 1 aromatic heterocycles. The van der Waals surface area contributed by atoms with E-state index in [0.717, 1.165) is 42.2 Å². The average Bonchev–Trinajstić information content (AvgIpc) is 3.16. The van der Waals surface area contributed by atoms with Crippen LogP contribution in [0.5, 0.6) is 5.75 Å². The number of rotatable bonds is 7. The number of ether oxygens (including phenoxy) is 2. The number of aryl methyl sites for hydroxylation is 1. The molecule has 8 heteroatoms. The van der Waals surface area contributed by atoms with Crippen LogP contribution in [-0.4, -0.2) is 52.0 Å². The first kappa shape index (κ1) is 23.2. The molecule has 174 valence electrons. The van der Waals surface area contributed by atoms with Crippen LogP contribution in [0.3, 0.4) is 0 Å². The molecule has 0 aliphatic carbocycles. The van der Waals surface area contributed by atoms with Gasteiger partial charge in [-0.05, 0) is 81.8 Å². The van der Waals surface area contributed by atoms with Crippen molar-refractivity contribution in [2.24, 2.45) is 5.92 Å². The van der Waals surface area contributed by atoms with Crippen LogP contribution >= 0.6 is 12.2 Å². The summed E-state index contributed by atoms with van der Waals surface area (Å²) in [4.78, 5) is 14.5. The van der Waals surface area contributed by atoms with E-state index in [1.807, 2.05) is 40.4 Å². The molecule has 3 aromatic rings. The van der Waals surface area contributed by atoms with Gasteiger partial charge in [0.15, 0.2) is 5.82 Å². The third-order valence-electron chi connectivity index (χ3n) is 5.94. The van der Waals surface area contributed by atoms with Crippen molar-refractivity contribution in [1.29, 1.82) is 0 Å². The van der Waals surface area contributed by atoms with Crippen molar-refractivity contribution in [3.63, 3.8) is 0 Å². The zero-order valence-corrected chi connectivity index (χ0v) is 20.2. The first-order valence-corrected chi connectivity index (χ1v) is 11.7. The molecule has 2 heterocycles. The Hall–Kier alpha value is -2.97. The minimum Gasteiger partial charge on any atom is -0.497 e. The zero-order valence-electron chi connectivity index (χ0n) is 19.4. The zero-order chi connectivity index (χ0) is 23.4. The summed E-state index contributed by atoms with van der Waals surface area (Å²) in [5.41, 5.74) is 3.09. The van der Waals surface area contributed by atoms with E-state index >= 15 is 0 Å². The number of likely N-dealkylation sites (tertiary alicyclic amines) is 1. The summed E-state index contributed by atoms with van der Waals surface area (Å²) in [5, 5.41) is 4.91. The maximum Gasteiger partial charge on any atom is 0.310 e. The lowest BCUT2D eigenvalue weighted by Crippen LogP contribution is -2.40. The van der Waals surface area contributed by atoms with E-state index in [2.05, 4.69) is 36.1 Å². The summed E-state index contributed by atoms with van der Waals surface area (Å²) in [5.74, 6) is 1.34. The van der Waals surface area contributed by atoms with Crippen molar-refractivity contribution >= 4 is 18.2 Å². The van der Waals surface area contributed by atoms with Crippen LogP contribution in [0.1, 0.15) is 25.3 Å². The predicted octanol–water partition coefficient (Wildman–Crippen LogP) is 4.62. The van der Waals surface area contributed by atoms with Crippen LogP contribution in [0.4, 0.5) is 0 Å². The number of methoxy groups -OCH3 is 1. The number of piperidine rings is 1. The molecule has 33 heavy (non-hydrogen) atoms.